The zero-order chi connectivity index (χ0) is 17.0. The Morgan fingerprint density at radius 3 is 2.70 bits per heavy atom. The second kappa shape index (κ2) is 6.78. The molecule has 122 valence electrons. The lowest BCUT2D eigenvalue weighted by Crippen LogP contribution is -2.25. The number of anilines is 1. The Hall–Kier alpha value is -2.41. The zero-order valence-electron chi connectivity index (χ0n) is 12.8. The van der Waals surface area contributed by atoms with Crippen LogP contribution in [0.4, 0.5) is 5.69 Å². The first kappa shape index (κ1) is 17.0. The van der Waals surface area contributed by atoms with E-state index in [2.05, 4.69) is 15.4 Å². The lowest BCUT2D eigenvalue weighted by atomic mass is 9.85. The summed E-state index contributed by atoms with van der Waals surface area (Å²) in [4.78, 5) is 27.0. The van der Waals surface area contributed by atoms with Crippen LogP contribution in [0.2, 0.25) is 5.02 Å². The first-order chi connectivity index (χ1) is 10.8. The molecule has 8 heteroatoms. The molecule has 0 aliphatic heterocycles. The molecule has 0 atom stereocenters. The van der Waals surface area contributed by atoms with E-state index < -0.39 is 11.4 Å². The predicted molar refractivity (Wildman–Crippen MR) is 85.6 cm³/mol. The van der Waals surface area contributed by atoms with Gasteiger partial charge in [-0.25, -0.2) is 9.67 Å². The maximum atomic E-state index is 12.3. The van der Waals surface area contributed by atoms with E-state index in [9.17, 15) is 9.59 Å². The van der Waals surface area contributed by atoms with E-state index in [1.807, 2.05) is 0 Å². The van der Waals surface area contributed by atoms with Crippen LogP contribution in [0, 0.1) is 5.41 Å². The molecule has 23 heavy (non-hydrogen) atoms. The van der Waals surface area contributed by atoms with Gasteiger partial charge in [-0.2, -0.15) is 5.10 Å². The monoisotopic (exact) mass is 336 g/mol. The summed E-state index contributed by atoms with van der Waals surface area (Å²) >= 11 is 5.99. The summed E-state index contributed by atoms with van der Waals surface area (Å²) in [6.45, 7) is 3.47. The molecule has 0 radical (unpaired) electrons. The van der Waals surface area contributed by atoms with Crippen LogP contribution < -0.4 is 5.32 Å². The van der Waals surface area contributed by atoms with Gasteiger partial charge in [0.15, 0.2) is 0 Å². The summed E-state index contributed by atoms with van der Waals surface area (Å²) in [5.41, 5.74) is 0.456. The van der Waals surface area contributed by atoms with Gasteiger partial charge in [0.2, 0.25) is 5.91 Å². The van der Waals surface area contributed by atoms with Gasteiger partial charge in [-0.3, -0.25) is 9.59 Å². The minimum atomic E-state index is -0.936. The highest BCUT2D eigenvalue weighted by Crippen LogP contribution is 2.28. The zero-order valence-corrected chi connectivity index (χ0v) is 13.5. The number of aliphatic carboxylic acids is 1. The van der Waals surface area contributed by atoms with Crippen LogP contribution in [0.15, 0.2) is 30.9 Å². The first-order valence-corrected chi connectivity index (χ1v) is 7.31. The second-order valence-corrected chi connectivity index (χ2v) is 6.40. The molecule has 0 unspecified atom stereocenters. The number of carboxylic acid groups (broad SMARTS) is 1. The molecule has 1 amide bonds. The topological polar surface area (TPSA) is 97.1 Å². The van der Waals surface area contributed by atoms with Crippen molar-refractivity contribution in [1.82, 2.24) is 14.8 Å². The van der Waals surface area contributed by atoms with E-state index >= 15 is 0 Å². The SMILES string of the molecule is CC(C)(CC(=O)O)CC(=O)Nc1cc(Cl)ccc1-n1cncn1. The highest BCUT2D eigenvalue weighted by atomic mass is 35.5. The number of nitrogens with one attached hydrogen (secondary N) is 1. The number of benzene rings is 1. The molecular weight excluding hydrogens is 320 g/mol. The number of amides is 1. The van der Waals surface area contributed by atoms with Gasteiger partial charge in [0.25, 0.3) is 0 Å². The largest absolute Gasteiger partial charge is 0.481 e. The molecule has 7 nitrogen and oxygen atoms in total. The molecule has 2 rings (SSSR count). The molecule has 1 aromatic carbocycles. The molecule has 2 aromatic rings. The van der Waals surface area contributed by atoms with Crippen molar-refractivity contribution in [2.75, 3.05) is 5.32 Å². The number of carbonyl (C=O) groups is 2. The first-order valence-electron chi connectivity index (χ1n) is 6.93. The minimum absolute atomic E-state index is 0.0720. The number of hydrogen-bond donors (Lipinski definition) is 2. The molecule has 0 saturated carbocycles. The van der Waals surface area contributed by atoms with Gasteiger partial charge >= 0.3 is 5.97 Å². The Kier molecular flexibility index (Phi) is 5.00. The quantitative estimate of drug-likeness (QED) is 0.845. The number of aromatic nitrogens is 3. The summed E-state index contributed by atoms with van der Waals surface area (Å²) in [6, 6.07) is 5.01. The Bertz CT molecular complexity index is 714. The molecule has 0 aliphatic rings. The van der Waals surface area contributed by atoms with Crippen molar-refractivity contribution in [3.8, 4) is 5.69 Å². The molecule has 0 spiro atoms. The summed E-state index contributed by atoms with van der Waals surface area (Å²) in [7, 11) is 0. The van der Waals surface area contributed by atoms with E-state index in [1.165, 1.54) is 17.3 Å². The van der Waals surface area contributed by atoms with E-state index in [-0.39, 0.29) is 18.7 Å². The summed E-state index contributed by atoms with van der Waals surface area (Å²) in [5.74, 6) is -1.23. The highest BCUT2D eigenvalue weighted by Gasteiger charge is 2.25. The van der Waals surface area contributed by atoms with Gasteiger partial charge < -0.3 is 10.4 Å². The Morgan fingerprint density at radius 2 is 2.09 bits per heavy atom. The van der Waals surface area contributed by atoms with E-state index in [0.29, 0.717) is 16.4 Å². The number of rotatable bonds is 6. The van der Waals surface area contributed by atoms with Crippen LogP contribution in [0.5, 0.6) is 0 Å². The molecule has 0 saturated heterocycles. The molecule has 0 fully saturated rings. The van der Waals surface area contributed by atoms with Crippen molar-refractivity contribution < 1.29 is 14.7 Å². The van der Waals surface area contributed by atoms with E-state index in [1.54, 1.807) is 32.0 Å². The Morgan fingerprint density at radius 1 is 1.35 bits per heavy atom. The molecule has 2 N–H and O–H groups in total. The van der Waals surface area contributed by atoms with Gasteiger partial charge in [0, 0.05) is 11.4 Å². The summed E-state index contributed by atoms with van der Waals surface area (Å²) in [5, 5.41) is 16.2. The van der Waals surface area contributed by atoms with Crippen LogP contribution in [0.1, 0.15) is 26.7 Å². The summed E-state index contributed by atoms with van der Waals surface area (Å²) in [6.07, 6.45) is 2.87. The molecule has 1 heterocycles. The van der Waals surface area contributed by atoms with Crippen LogP contribution in [-0.4, -0.2) is 31.7 Å². The van der Waals surface area contributed by atoms with Crippen molar-refractivity contribution in [2.45, 2.75) is 26.7 Å². The van der Waals surface area contributed by atoms with Crippen molar-refractivity contribution in [3.05, 3.63) is 35.9 Å². The standard InChI is InChI=1S/C15H17ClN4O3/c1-15(2,7-14(22)23)6-13(21)19-11-5-10(16)3-4-12(11)20-9-17-8-18-20/h3-5,8-9H,6-7H2,1-2H3,(H,19,21)(H,22,23). The summed E-state index contributed by atoms with van der Waals surface area (Å²) < 4.78 is 1.51. The van der Waals surface area contributed by atoms with Gasteiger partial charge in [0.05, 0.1) is 17.8 Å². The molecular formula is C15H17ClN4O3. The number of carboxylic acids is 1. The molecule has 0 aliphatic carbocycles. The normalized spacial score (nSPS) is 11.3. The average Bonchev–Trinajstić information content (AvgIpc) is 2.89. The maximum Gasteiger partial charge on any atom is 0.303 e. The number of hydrogen-bond acceptors (Lipinski definition) is 4. The molecule has 0 bridgehead atoms. The van der Waals surface area contributed by atoms with Crippen LogP contribution in [0.25, 0.3) is 5.69 Å². The third-order valence-corrected chi connectivity index (χ3v) is 3.40. The number of halogens is 1. The molecule has 1 aromatic heterocycles. The van der Waals surface area contributed by atoms with Crippen LogP contribution in [0.3, 0.4) is 0 Å². The van der Waals surface area contributed by atoms with Crippen molar-refractivity contribution in [3.63, 3.8) is 0 Å². The smallest absolute Gasteiger partial charge is 0.303 e. The van der Waals surface area contributed by atoms with Crippen molar-refractivity contribution in [2.24, 2.45) is 5.41 Å². The lowest BCUT2D eigenvalue weighted by Gasteiger charge is -2.22. The van der Waals surface area contributed by atoms with Gasteiger partial charge in [-0.1, -0.05) is 25.4 Å². The maximum absolute atomic E-state index is 12.3. The Balaban J connectivity index is 2.18. The van der Waals surface area contributed by atoms with E-state index in [4.69, 9.17) is 16.7 Å². The highest BCUT2D eigenvalue weighted by molar-refractivity contribution is 6.31. The lowest BCUT2D eigenvalue weighted by molar-refractivity contribution is -0.139. The third kappa shape index (κ3) is 4.79. The average molecular weight is 337 g/mol. The van der Waals surface area contributed by atoms with Crippen molar-refractivity contribution in [1.29, 1.82) is 0 Å². The van der Waals surface area contributed by atoms with Gasteiger partial charge in [0.1, 0.15) is 12.7 Å². The van der Waals surface area contributed by atoms with Gasteiger partial charge in [-0.05, 0) is 23.6 Å². The second-order valence-electron chi connectivity index (χ2n) is 5.96. The fourth-order valence-electron chi connectivity index (χ4n) is 2.24. The number of carbonyl (C=O) groups excluding carboxylic acids is 1. The number of nitrogens with zero attached hydrogens (tertiary/aromatic N) is 3. The third-order valence-electron chi connectivity index (χ3n) is 3.17. The fraction of sp³-hybridized carbons (Fsp3) is 0.333. The predicted octanol–water partition coefficient (Wildman–Crippen LogP) is 2.75. The van der Waals surface area contributed by atoms with Crippen LogP contribution in [-0.2, 0) is 9.59 Å². The van der Waals surface area contributed by atoms with E-state index in [0.717, 1.165) is 0 Å². The fourth-order valence-corrected chi connectivity index (χ4v) is 2.41. The van der Waals surface area contributed by atoms with Gasteiger partial charge in [-0.15, -0.1) is 0 Å². The van der Waals surface area contributed by atoms with Crippen molar-refractivity contribution >= 4 is 29.2 Å². The van der Waals surface area contributed by atoms with Crippen LogP contribution >= 0.6 is 11.6 Å². The Labute approximate surface area is 138 Å². The minimum Gasteiger partial charge on any atom is -0.481 e.